The summed E-state index contributed by atoms with van der Waals surface area (Å²) in [4.78, 5) is 21.7. The number of aliphatic hydroxyl groups excluding tert-OH is 1. The van der Waals surface area contributed by atoms with Gasteiger partial charge in [0.05, 0.1) is 31.5 Å². The third-order valence-electron chi connectivity index (χ3n) is 2.00. The van der Waals surface area contributed by atoms with Gasteiger partial charge in [-0.2, -0.15) is 0 Å². The number of carbonyl (C=O) groups excluding carboxylic acids is 1. The van der Waals surface area contributed by atoms with Crippen molar-refractivity contribution in [1.29, 1.82) is 0 Å². The summed E-state index contributed by atoms with van der Waals surface area (Å²) >= 11 is 0. The van der Waals surface area contributed by atoms with Gasteiger partial charge in [0.25, 0.3) is 0 Å². The summed E-state index contributed by atoms with van der Waals surface area (Å²) in [6.45, 7) is 3.20. The van der Waals surface area contributed by atoms with Crippen molar-refractivity contribution in [3.8, 4) is 0 Å². The predicted octanol–water partition coefficient (Wildman–Crippen LogP) is 1.19. The van der Waals surface area contributed by atoms with Gasteiger partial charge in [-0.3, -0.25) is 0 Å². The van der Waals surface area contributed by atoms with E-state index in [4.69, 9.17) is 14.9 Å². The zero-order valence-electron chi connectivity index (χ0n) is 11.0. The fourth-order valence-corrected chi connectivity index (χ4v) is 1.17. The number of methoxy groups -OCH3 is 1. The SMILES string of the molecule is CCOCCO.COC(=O)c1ccccc1C(=O)O. The molecule has 0 spiro atoms. The minimum atomic E-state index is -1.14. The van der Waals surface area contributed by atoms with Gasteiger partial charge in [0.1, 0.15) is 0 Å². The smallest absolute Gasteiger partial charge is 0.338 e. The third-order valence-corrected chi connectivity index (χ3v) is 2.00. The molecule has 0 saturated carbocycles. The van der Waals surface area contributed by atoms with Gasteiger partial charge in [-0.05, 0) is 19.1 Å². The van der Waals surface area contributed by atoms with Crippen LogP contribution in [-0.4, -0.2) is 49.1 Å². The molecule has 0 bridgehead atoms. The van der Waals surface area contributed by atoms with Gasteiger partial charge < -0.3 is 19.7 Å². The fourth-order valence-electron chi connectivity index (χ4n) is 1.17. The quantitative estimate of drug-likeness (QED) is 0.616. The van der Waals surface area contributed by atoms with Gasteiger partial charge in [0.2, 0.25) is 0 Å². The number of ether oxygens (including phenoxy) is 2. The Labute approximate surface area is 111 Å². The second-order valence-electron chi connectivity index (χ2n) is 3.26. The van der Waals surface area contributed by atoms with E-state index >= 15 is 0 Å². The van der Waals surface area contributed by atoms with Crippen LogP contribution in [0.1, 0.15) is 27.6 Å². The highest BCUT2D eigenvalue weighted by atomic mass is 16.5. The van der Waals surface area contributed by atoms with Crippen molar-refractivity contribution >= 4 is 11.9 Å². The second kappa shape index (κ2) is 10.0. The first-order chi connectivity index (χ1) is 9.08. The summed E-state index contributed by atoms with van der Waals surface area (Å²) in [6.07, 6.45) is 0. The molecule has 0 radical (unpaired) electrons. The number of carboxylic acids is 1. The van der Waals surface area contributed by atoms with Crippen molar-refractivity contribution in [2.24, 2.45) is 0 Å². The van der Waals surface area contributed by atoms with E-state index in [1.54, 1.807) is 12.1 Å². The van der Waals surface area contributed by atoms with E-state index in [0.717, 1.165) is 0 Å². The highest BCUT2D eigenvalue weighted by Gasteiger charge is 2.15. The van der Waals surface area contributed by atoms with E-state index in [9.17, 15) is 9.59 Å². The summed E-state index contributed by atoms with van der Waals surface area (Å²) in [6, 6.07) is 5.90. The number of aliphatic hydroxyl groups is 1. The monoisotopic (exact) mass is 270 g/mol. The normalized spacial score (nSPS) is 9.21. The Morgan fingerprint density at radius 3 is 2.16 bits per heavy atom. The summed E-state index contributed by atoms with van der Waals surface area (Å²) < 4.78 is 9.16. The molecule has 0 aromatic heterocycles. The lowest BCUT2D eigenvalue weighted by Gasteiger charge is -2.02. The highest BCUT2D eigenvalue weighted by Crippen LogP contribution is 2.09. The highest BCUT2D eigenvalue weighted by molar-refractivity contribution is 6.02. The Hall–Kier alpha value is -1.92. The topological polar surface area (TPSA) is 93.1 Å². The van der Waals surface area contributed by atoms with Crippen LogP contribution in [0.2, 0.25) is 0 Å². The lowest BCUT2D eigenvalue weighted by Crippen LogP contribution is -2.09. The van der Waals surface area contributed by atoms with Crippen LogP contribution in [0.3, 0.4) is 0 Å². The number of esters is 1. The van der Waals surface area contributed by atoms with Crippen molar-refractivity contribution in [3.63, 3.8) is 0 Å². The van der Waals surface area contributed by atoms with Crippen LogP contribution in [-0.2, 0) is 9.47 Å². The molecule has 0 aliphatic carbocycles. The van der Waals surface area contributed by atoms with Crippen molar-refractivity contribution < 1.29 is 29.3 Å². The number of rotatable bonds is 5. The van der Waals surface area contributed by atoms with Gasteiger partial charge in [0, 0.05) is 6.61 Å². The van der Waals surface area contributed by atoms with Gasteiger partial charge >= 0.3 is 11.9 Å². The Morgan fingerprint density at radius 2 is 1.79 bits per heavy atom. The molecule has 6 nitrogen and oxygen atoms in total. The molecule has 0 saturated heterocycles. The second-order valence-corrected chi connectivity index (χ2v) is 3.26. The number of benzene rings is 1. The van der Waals surface area contributed by atoms with E-state index in [1.807, 2.05) is 6.92 Å². The van der Waals surface area contributed by atoms with Gasteiger partial charge in [-0.1, -0.05) is 12.1 Å². The predicted molar refractivity (Wildman–Crippen MR) is 68.3 cm³/mol. The molecule has 0 heterocycles. The van der Waals surface area contributed by atoms with Crippen molar-refractivity contribution in [2.75, 3.05) is 26.9 Å². The zero-order valence-corrected chi connectivity index (χ0v) is 11.0. The van der Waals surface area contributed by atoms with Crippen molar-refractivity contribution in [2.45, 2.75) is 6.92 Å². The number of carboxylic acid groups (broad SMARTS) is 1. The molecule has 0 aliphatic rings. The van der Waals surface area contributed by atoms with Crippen LogP contribution in [0.25, 0.3) is 0 Å². The molecule has 19 heavy (non-hydrogen) atoms. The molecular formula is C13H18O6. The molecule has 2 N–H and O–H groups in total. The molecule has 0 atom stereocenters. The molecular weight excluding hydrogens is 252 g/mol. The fraction of sp³-hybridized carbons (Fsp3) is 0.385. The van der Waals surface area contributed by atoms with Gasteiger partial charge in [-0.15, -0.1) is 0 Å². The first kappa shape index (κ1) is 17.1. The van der Waals surface area contributed by atoms with Crippen molar-refractivity contribution in [3.05, 3.63) is 35.4 Å². The number of hydrogen-bond acceptors (Lipinski definition) is 5. The standard InChI is InChI=1S/C9H8O4.C4H10O2/c1-13-9(12)7-5-3-2-4-6(7)8(10)11;1-2-6-4-3-5/h2-5H,1H3,(H,10,11);5H,2-4H2,1H3. The maximum atomic E-state index is 11.1. The number of aromatic carboxylic acids is 1. The molecule has 0 fully saturated rings. The van der Waals surface area contributed by atoms with E-state index < -0.39 is 11.9 Å². The summed E-state index contributed by atoms with van der Waals surface area (Å²) in [5.41, 5.74) is 0.0202. The molecule has 106 valence electrons. The molecule has 1 aromatic carbocycles. The first-order valence-corrected chi connectivity index (χ1v) is 5.67. The van der Waals surface area contributed by atoms with E-state index in [1.165, 1.54) is 19.2 Å². The number of hydrogen-bond donors (Lipinski definition) is 2. The maximum absolute atomic E-state index is 11.1. The van der Waals surface area contributed by atoms with Crippen LogP contribution in [0.15, 0.2) is 24.3 Å². The van der Waals surface area contributed by atoms with Crippen LogP contribution >= 0.6 is 0 Å². The van der Waals surface area contributed by atoms with E-state index in [2.05, 4.69) is 4.74 Å². The molecule has 0 aliphatic heterocycles. The number of carbonyl (C=O) groups is 2. The third kappa shape index (κ3) is 6.54. The Bertz CT molecular complexity index is 398. The average Bonchev–Trinajstić information content (AvgIpc) is 2.44. The summed E-state index contributed by atoms with van der Waals surface area (Å²) in [5.74, 6) is -1.78. The van der Waals surface area contributed by atoms with Gasteiger partial charge in [-0.25, -0.2) is 9.59 Å². The van der Waals surface area contributed by atoms with Crippen molar-refractivity contribution in [1.82, 2.24) is 0 Å². The lowest BCUT2D eigenvalue weighted by molar-refractivity contribution is 0.0582. The minimum Gasteiger partial charge on any atom is -0.478 e. The Kier molecular flexibility index (Phi) is 9.03. The van der Waals surface area contributed by atoms with Crippen LogP contribution in [0.4, 0.5) is 0 Å². The average molecular weight is 270 g/mol. The summed E-state index contributed by atoms with van der Waals surface area (Å²) in [7, 11) is 1.21. The molecule has 1 aromatic rings. The minimum absolute atomic E-state index is 0.0469. The van der Waals surface area contributed by atoms with E-state index in [0.29, 0.717) is 13.2 Å². The van der Waals surface area contributed by atoms with E-state index in [-0.39, 0.29) is 17.7 Å². The van der Waals surface area contributed by atoms with Crippen LogP contribution < -0.4 is 0 Å². The zero-order chi connectivity index (χ0) is 14.7. The largest absolute Gasteiger partial charge is 0.478 e. The molecule has 6 heteroatoms. The lowest BCUT2D eigenvalue weighted by atomic mass is 10.1. The first-order valence-electron chi connectivity index (χ1n) is 5.67. The molecule has 0 unspecified atom stereocenters. The van der Waals surface area contributed by atoms with Gasteiger partial charge in [0.15, 0.2) is 0 Å². The van der Waals surface area contributed by atoms with Crippen LogP contribution in [0.5, 0.6) is 0 Å². The molecule has 1 rings (SSSR count). The summed E-state index contributed by atoms with van der Waals surface area (Å²) in [5, 5.41) is 16.8. The Balaban J connectivity index is 0.000000459. The Morgan fingerprint density at radius 1 is 1.21 bits per heavy atom. The molecule has 0 amide bonds. The van der Waals surface area contributed by atoms with Crippen LogP contribution in [0, 0.1) is 0 Å². The maximum Gasteiger partial charge on any atom is 0.338 e.